The molecule has 0 aromatic rings. The van der Waals surface area contributed by atoms with Crippen LogP contribution in [0.3, 0.4) is 0 Å². The van der Waals surface area contributed by atoms with E-state index in [-0.39, 0.29) is 6.29 Å². The molecule has 2 atom stereocenters. The van der Waals surface area contributed by atoms with Crippen LogP contribution in [0.4, 0.5) is 0 Å². The standard InChI is InChI=1S/C13H25NO3/c15-7-2-1-4-11-5-3-6-12(14-11)10-13-16-8-9-17-13/h11-15H,1-10H2/t11-,12-/m1/s1. The first-order valence-corrected chi connectivity index (χ1v) is 6.98. The van der Waals surface area contributed by atoms with Gasteiger partial charge in [-0.3, -0.25) is 0 Å². The van der Waals surface area contributed by atoms with Crippen LogP contribution < -0.4 is 5.32 Å². The Balaban J connectivity index is 1.65. The summed E-state index contributed by atoms with van der Waals surface area (Å²) in [5.74, 6) is 0. The summed E-state index contributed by atoms with van der Waals surface area (Å²) in [6, 6.07) is 1.17. The van der Waals surface area contributed by atoms with Crippen molar-refractivity contribution >= 4 is 0 Å². The van der Waals surface area contributed by atoms with Crippen LogP contribution in [-0.2, 0) is 9.47 Å². The number of nitrogens with one attached hydrogen (secondary N) is 1. The first-order valence-electron chi connectivity index (χ1n) is 6.98. The zero-order valence-corrected chi connectivity index (χ0v) is 10.6. The largest absolute Gasteiger partial charge is 0.396 e. The highest BCUT2D eigenvalue weighted by atomic mass is 16.7. The van der Waals surface area contributed by atoms with Crippen molar-refractivity contribution in [1.29, 1.82) is 0 Å². The molecule has 2 aliphatic rings. The Morgan fingerprint density at radius 3 is 2.59 bits per heavy atom. The SMILES string of the molecule is OCCCC[C@@H]1CCC[C@H](CC2OCCO2)N1. The van der Waals surface area contributed by atoms with E-state index in [4.69, 9.17) is 14.6 Å². The summed E-state index contributed by atoms with van der Waals surface area (Å²) in [5, 5.41) is 12.5. The van der Waals surface area contributed by atoms with Crippen molar-refractivity contribution in [2.75, 3.05) is 19.8 Å². The van der Waals surface area contributed by atoms with Crippen LogP contribution in [0.5, 0.6) is 0 Å². The maximum atomic E-state index is 8.78. The molecule has 2 rings (SSSR count). The second-order valence-corrected chi connectivity index (χ2v) is 5.12. The highest BCUT2D eigenvalue weighted by molar-refractivity contribution is 4.81. The zero-order valence-electron chi connectivity index (χ0n) is 10.6. The minimum atomic E-state index is 0.0173. The Morgan fingerprint density at radius 2 is 1.82 bits per heavy atom. The lowest BCUT2D eigenvalue weighted by Gasteiger charge is -2.32. The first kappa shape index (κ1) is 13.3. The van der Waals surface area contributed by atoms with Crippen LogP contribution in [0.1, 0.15) is 44.9 Å². The summed E-state index contributed by atoms with van der Waals surface area (Å²) >= 11 is 0. The van der Waals surface area contributed by atoms with Crippen LogP contribution in [-0.4, -0.2) is 43.3 Å². The maximum absolute atomic E-state index is 8.78. The van der Waals surface area contributed by atoms with Gasteiger partial charge in [-0.1, -0.05) is 6.42 Å². The van der Waals surface area contributed by atoms with E-state index in [9.17, 15) is 0 Å². The number of aliphatic hydroxyl groups excluding tert-OH is 1. The van der Waals surface area contributed by atoms with Crippen molar-refractivity contribution in [3.63, 3.8) is 0 Å². The number of ether oxygens (including phenoxy) is 2. The third kappa shape index (κ3) is 4.54. The molecule has 0 aromatic heterocycles. The minimum Gasteiger partial charge on any atom is -0.396 e. The van der Waals surface area contributed by atoms with Gasteiger partial charge in [0.1, 0.15) is 0 Å². The van der Waals surface area contributed by atoms with Gasteiger partial charge in [0.2, 0.25) is 0 Å². The van der Waals surface area contributed by atoms with E-state index in [0.29, 0.717) is 18.7 Å². The third-order valence-electron chi connectivity index (χ3n) is 3.71. The predicted octanol–water partition coefficient (Wildman–Crippen LogP) is 1.42. The van der Waals surface area contributed by atoms with Gasteiger partial charge in [-0.2, -0.15) is 0 Å². The molecule has 2 fully saturated rings. The quantitative estimate of drug-likeness (QED) is 0.693. The molecular weight excluding hydrogens is 218 g/mol. The molecule has 2 aliphatic heterocycles. The number of rotatable bonds is 6. The summed E-state index contributed by atoms with van der Waals surface area (Å²) in [7, 11) is 0. The van der Waals surface area contributed by atoms with E-state index in [0.717, 1.165) is 32.5 Å². The topological polar surface area (TPSA) is 50.7 Å². The number of unbranched alkanes of at least 4 members (excludes halogenated alkanes) is 1. The summed E-state index contributed by atoms with van der Waals surface area (Å²) in [5.41, 5.74) is 0. The van der Waals surface area contributed by atoms with Crippen molar-refractivity contribution in [2.45, 2.75) is 63.3 Å². The molecule has 0 saturated carbocycles. The van der Waals surface area contributed by atoms with Crippen LogP contribution in [0.15, 0.2) is 0 Å². The lowest BCUT2D eigenvalue weighted by atomic mass is 9.93. The number of aliphatic hydroxyl groups is 1. The van der Waals surface area contributed by atoms with Gasteiger partial charge in [-0.05, 0) is 32.1 Å². The van der Waals surface area contributed by atoms with Crippen molar-refractivity contribution in [1.82, 2.24) is 5.32 Å². The van der Waals surface area contributed by atoms with Crippen molar-refractivity contribution < 1.29 is 14.6 Å². The smallest absolute Gasteiger partial charge is 0.159 e. The zero-order chi connectivity index (χ0) is 11.9. The Bertz CT molecular complexity index is 207. The molecule has 0 radical (unpaired) electrons. The third-order valence-corrected chi connectivity index (χ3v) is 3.71. The molecular formula is C13H25NO3. The molecule has 100 valence electrons. The average molecular weight is 243 g/mol. The molecule has 0 aromatic carbocycles. The van der Waals surface area contributed by atoms with Gasteiger partial charge in [0.05, 0.1) is 13.2 Å². The van der Waals surface area contributed by atoms with Gasteiger partial charge in [-0.15, -0.1) is 0 Å². The Kier molecular flexibility index (Phi) is 5.71. The molecule has 0 bridgehead atoms. The van der Waals surface area contributed by atoms with E-state index in [1.54, 1.807) is 0 Å². The van der Waals surface area contributed by atoms with Gasteiger partial charge in [0, 0.05) is 25.1 Å². The average Bonchev–Trinajstić information content (AvgIpc) is 2.83. The normalized spacial score (nSPS) is 30.9. The van der Waals surface area contributed by atoms with E-state index >= 15 is 0 Å². The Morgan fingerprint density at radius 1 is 1.06 bits per heavy atom. The van der Waals surface area contributed by atoms with Crippen LogP contribution >= 0.6 is 0 Å². The molecule has 0 amide bonds. The molecule has 2 saturated heterocycles. The monoisotopic (exact) mass is 243 g/mol. The summed E-state index contributed by atoms with van der Waals surface area (Å²) in [6.45, 7) is 1.81. The summed E-state index contributed by atoms with van der Waals surface area (Å²) in [6.07, 6.45) is 8.04. The molecule has 0 spiro atoms. The molecule has 0 aliphatic carbocycles. The molecule has 2 N–H and O–H groups in total. The molecule has 4 heteroatoms. The van der Waals surface area contributed by atoms with Crippen molar-refractivity contribution in [2.24, 2.45) is 0 Å². The molecule has 4 nitrogen and oxygen atoms in total. The second-order valence-electron chi connectivity index (χ2n) is 5.12. The second kappa shape index (κ2) is 7.31. The summed E-state index contributed by atoms with van der Waals surface area (Å²) in [4.78, 5) is 0. The lowest BCUT2D eigenvalue weighted by Crippen LogP contribution is -2.44. The Labute approximate surface area is 104 Å². The predicted molar refractivity (Wildman–Crippen MR) is 65.8 cm³/mol. The van der Waals surface area contributed by atoms with Crippen LogP contribution in [0.25, 0.3) is 0 Å². The lowest BCUT2D eigenvalue weighted by molar-refractivity contribution is -0.0552. The van der Waals surface area contributed by atoms with Gasteiger partial charge < -0.3 is 19.9 Å². The minimum absolute atomic E-state index is 0.0173. The summed E-state index contributed by atoms with van der Waals surface area (Å²) < 4.78 is 11.0. The van der Waals surface area contributed by atoms with E-state index < -0.39 is 0 Å². The highest BCUT2D eigenvalue weighted by Gasteiger charge is 2.25. The van der Waals surface area contributed by atoms with E-state index in [1.165, 1.54) is 25.7 Å². The molecule has 0 unspecified atom stereocenters. The number of hydrogen-bond donors (Lipinski definition) is 2. The first-order chi connectivity index (χ1) is 8.38. The Hall–Kier alpha value is -0.160. The van der Waals surface area contributed by atoms with E-state index in [1.807, 2.05) is 0 Å². The van der Waals surface area contributed by atoms with Crippen LogP contribution in [0.2, 0.25) is 0 Å². The molecule has 17 heavy (non-hydrogen) atoms. The highest BCUT2D eigenvalue weighted by Crippen LogP contribution is 2.21. The fourth-order valence-corrected chi connectivity index (χ4v) is 2.80. The fraction of sp³-hybridized carbons (Fsp3) is 1.00. The van der Waals surface area contributed by atoms with Gasteiger partial charge in [0.15, 0.2) is 6.29 Å². The van der Waals surface area contributed by atoms with Gasteiger partial charge in [0.25, 0.3) is 0 Å². The molecule has 2 heterocycles. The fourth-order valence-electron chi connectivity index (χ4n) is 2.80. The number of hydrogen-bond acceptors (Lipinski definition) is 4. The number of piperidine rings is 1. The van der Waals surface area contributed by atoms with Gasteiger partial charge >= 0.3 is 0 Å². The van der Waals surface area contributed by atoms with Crippen LogP contribution in [0, 0.1) is 0 Å². The maximum Gasteiger partial charge on any atom is 0.159 e. The van der Waals surface area contributed by atoms with Crippen molar-refractivity contribution in [3.8, 4) is 0 Å². The van der Waals surface area contributed by atoms with Gasteiger partial charge in [-0.25, -0.2) is 0 Å². The van der Waals surface area contributed by atoms with E-state index in [2.05, 4.69) is 5.32 Å². The van der Waals surface area contributed by atoms with Crippen molar-refractivity contribution in [3.05, 3.63) is 0 Å².